The molecule has 96 valence electrons. The predicted octanol–water partition coefficient (Wildman–Crippen LogP) is 2.88. The van der Waals surface area contributed by atoms with Crippen LogP contribution in [0.4, 0.5) is 0 Å². The van der Waals surface area contributed by atoms with Crippen LogP contribution < -0.4 is 10.5 Å². The molecule has 0 fully saturated rings. The third kappa shape index (κ3) is 2.54. The molecule has 0 aliphatic carbocycles. The number of methoxy groups -OCH3 is 1. The summed E-state index contributed by atoms with van der Waals surface area (Å²) in [5.74, 6) is 0.865. The van der Waals surface area contributed by atoms with Crippen LogP contribution in [-0.2, 0) is 12.8 Å². The van der Waals surface area contributed by atoms with Crippen LogP contribution in [0.5, 0.6) is 5.75 Å². The molecule has 2 rings (SSSR count). The second-order valence-electron chi connectivity index (χ2n) is 3.97. The average molecular weight is 262 g/mol. The highest BCUT2D eigenvalue weighted by Gasteiger charge is 2.15. The Hall–Kier alpha value is -1.39. The first-order chi connectivity index (χ1) is 8.80. The fourth-order valence-electron chi connectivity index (χ4n) is 1.90. The molecule has 1 heterocycles. The summed E-state index contributed by atoms with van der Waals surface area (Å²) in [6.45, 7) is 2.77. The standard InChI is InChI=1S/C14H18N2OS/c1-3-13-16-14(12(18-13)8-9-15)10-6-4-5-7-11(10)17-2/h4-7H,3,8-9,15H2,1-2H3. The molecular formula is C14H18N2OS. The summed E-state index contributed by atoms with van der Waals surface area (Å²) in [6, 6.07) is 7.99. The average Bonchev–Trinajstić information content (AvgIpc) is 2.82. The van der Waals surface area contributed by atoms with E-state index in [-0.39, 0.29) is 0 Å². The zero-order valence-electron chi connectivity index (χ0n) is 10.8. The van der Waals surface area contributed by atoms with Crippen molar-refractivity contribution < 1.29 is 4.74 Å². The van der Waals surface area contributed by atoms with Gasteiger partial charge in [-0.05, 0) is 31.5 Å². The number of hydrogen-bond donors (Lipinski definition) is 1. The predicted molar refractivity (Wildman–Crippen MR) is 76.2 cm³/mol. The molecule has 0 radical (unpaired) electrons. The maximum absolute atomic E-state index is 5.68. The summed E-state index contributed by atoms with van der Waals surface area (Å²) >= 11 is 1.75. The summed E-state index contributed by atoms with van der Waals surface area (Å²) in [4.78, 5) is 5.96. The van der Waals surface area contributed by atoms with Crippen LogP contribution in [-0.4, -0.2) is 18.6 Å². The van der Waals surface area contributed by atoms with Gasteiger partial charge in [-0.2, -0.15) is 0 Å². The van der Waals surface area contributed by atoms with Crippen LogP contribution in [0.1, 0.15) is 16.8 Å². The van der Waals surface area contributed by atoms with Crippen molar-refractivity contribution in [1.82, 2.24) is 4.98 Å². The molecule has 2 N–H and O–H groups in total. The van der Waals surface area contributed by atoms with Gasteiger partial charge in [0.05, 0.1) is 17.8 Å². The lowest BCUT2D eigenvalue weighted by molar-refractivity contribution is 0.416. The van der Waals surface area contributed by atoms with Crippen LogP contribution in [0.2, 0.25) is 0 Å². The quantitative estimate of drug-likeness (QED) is 0.901. The Morgan fingerprint density at radius 2 is 2.11 bits per heavy atom. The van der Waals surface area contributed by atoms with Gasteiger partial charge in [-0.1, -0.05) is 19.1 Å². The molecule has 4 heteroatoms. The number of aryl methyl sites for hydroxylation is 1. The summed E-state index contributed by atoms with van der Waals surface area (Å²) in [7, 11) is 1.69. The fraction of sp³-hybridized carbons (Fsp3) is 0.357. The lowest BCUT2D eigenvalue weighted by Gasteiger charge is -2.07. The Morgan fingerprint density at radius 3 is 2.78 bits per heavy atom. The Morgan fingerprint density at radius 1 is 1.33 bits per heavy atom. The molecule has 0 aliphatic heterocycles. The first-order valence-corrected chi connectivity index (χ1v) is 6.93. The minimum Gasteiger partial charge on any atom is -0.496 e. The van der Waals surface area contributed by atoms with Crippen molar-refractivity contribution in [2.45, 2.75) is 19.8 Å². The maximum atomic E-state index is 5.68. The van der Waals surface area contributed by atoms with Crippen LogP contribution in [0, 0.1) is 0 Å². The maximum Gasteiger partial charge on any atom is 0.128 e. The van der Waals surface area contributed by atoms with E-state index in [1.165, 1.54) is 4.88 Å². The molecule has 1 aromatic carbocycles. The number of nitrogens with two attached hydrogens (primary N) is 1. The first-order valence-electron chi connectivity index (χ1n) is 6.12. The summed E-state index contributed by atoms with van der Waals surface area (Å²) in [5, 5.41) is 1.15. The fourth-order valence-corrected chi connectivity index (χ4v) is 2.94. The highest BCUT2D eigenvalue weighted by Crippen LogP contribution is 2.34. The number of para-hydroxylation sites is 1. The van der Waals surface area contributed by atoms with Crippen molar-refractivity contribution in [1.29, 1.82) is 0 Å². The Bertz CT molecular complexity index is 522. The van der Waals surface area contributed by atoms with E-state index in [1.807, 2.05) is 24.3 Å². The molecule has 0 saturated carbocycles. The van der Waals surface area contributed by atoms with Gasteiger partial charge in [-0.15, -0.1) is 11.3 Å². The Balaban J connectivity index is 2.51. The third-order valence-corrected chi connectivity index (χ3v) is 4.04. The summed E-state index contributed by atoms with van der Waals surface area (Å²) < 4.78 is 5.41. The van der Waals surface area contributed by atoms with Crippen molar-refractivity contribution in [2.75, 3.05) is 13.7 Å². The molecule has 0 saturated heterocycles. The Labute approximate surface area is 112 Å². The monoisotopic (exact) mass is 262 g/mol. The number of aromatic nitrogens is 1. The number of nitrogens with zero attached hydrogens (tertiary/aromatic N) is 1. The first kappa shape index (κ1) is 13.1. The van der Waals surface area contributed by atoms with Gasteiger partial charge >= 0.3 is 0 Å². The highest BCUT2D eigenvalue weighted by molar-refractivity contribution is 7.12. The Kier molecular flexibility index (Phi) is 4.33. The smallest absolute Gasteiger partial charge is 0.128 e. The van der Waals surface area contributed by atoms with Crippen molar-refractivity contribution in [3.8, 4) is 17.0 Å². The number of ether oxygens (including phenoxy) is 1. The molecule has 3 nitrogen and oxygen atoms in total. The largest absolute Gasteiger partial charge is 0.496 e. The van der Waals surface area contributed by atoms with Crippen molar-refractivity contribution in [3.05, 3.63) is 34.2 Å². The van der Waals surface area contributed by atoms with Crippen molar-refractivity contribution in [3.63, 3.8) is 0 Å². The van der Waals surface area contributed by atoms with Crippen LogP contribution in [0.3, 0.4) is 0 Å². The van der Waals surface area contributed by atoms with E-state index in [2.05, 4.69) is 6.92 Å². The minimum atomic E-state index is 0.646. The molecule has 0 aliphatic rings. The van der Waals surface area contributed by atoms with Gasteiger partial charge in [-0.3, -0.25) is 0 Å². The number of hydrogen-bond acceptors (Lipinski definition) is 4. The molecule has 0 unspecified atom stereocenters. The minimum absolute atomic E-state index is 0.646. The summed E-state index contributed by atoms with van der Waals surface area (Å²) in [6.07, 6.45) is 1.82. The third-order valence-electron chi connectivity index (χ3n) is 2.78. The van der Waals surface area contributed by atoms with Crippen LogP contribution in [0.15, 0.2) is 24.3 Å². The molecule has 1 aromatic heterocycles. The molecule has 2 aromatic rings. The van der Waals surface area contributed by atoms with Crippen LogP contribution in [0.25, 0.3) is 11.3 Å². The van der Waals surface area contributed by atoms with Gasteiger partial charge in [0, 0.05) is 10.4 Å². The van der Waals surface area contributed by atoms with E-state index >= 15 is 0 Å². The number of thiazole rings is 1. The van der Waals surface area contributed by atoms with Crippen molar-refractivity contribution in [2.24, 2.45) is 5.73 Å². The van der Waals surface area contributed by atoms with Crippen molar-refractivity contribution >= 4 is 11.3 Å². The molecule has 0 spiro atoms. The second-order valence-corrected chi connectivity index (χ2v) is 5.14. The van der Waals surface area contributed by atoms with Gasteiger partial charge < -0.3 is 10.5 Å². The van der Waals surface area contributed by atoms with Gasteiger partial charge in [0.15, 0.2) is 0 Å². The highest BCUT2D eigenvalue weighted by atomic mass is 32.1. The zero-order valence-corrected chi connectivity index (χ0v) is 11.6. The van der Waals surface area contributed by atoms with E-state index < -0.39 is 0 Å². The van der Waals surface area contributed by atoms with Gasteiger partial charge in [0.25, 0.3) is 0 Å². The van der Waals surface area contributed by atoms with E-state index in [0.717, 1.165) is 34.9 Å². The second kappa shape index (κ2) is 5.98. The topological polar surface area (TPSA) is 48.1 Å². The molecular weight excluding hydrogens is 244 g/mol. The normalized spacial score (nSPS) is 10.6. The van der Waals surface area contributed by atoms with E-state index in [9.17, 15) is 0 Å². The molecule has 0 amide bonds. The van der Waals surface area contributed by atoms with E-state index in [0.29, 0.717) is 6.54 Å². The zero-order chi connectivity index (χ0) is 13.0. The van der Waals surface area contributed by atoms with Crippen LogP contribution >= 0.6 is 11.3 Å². The number of benzene rings is 1. The molecule has 0 bridgehead atoms. The van der Waals surface area contributed by atoms with E-state index in [1.54, 1.807) is 18.4 Å². The van der Waals surface area contributed by atoms with Gasteiger partial charge in [-0.25, -0.2) is 4.98 Å². The number of rotatable bonds is 5. The molecule has 18 heavy (non-hydrogen) atoms. The van der Waals surface area contributed by atoms with Gasteiger partial charge in [0.2, 0.25) is 0 Å². The SMILES string of the molecule is CCc1nc(-c2ccccc2OC)c(CCN)s1. The lowest BCUT2D eigenvalue weighted by atomic mass is 10.1. The van der Waals surface area contributed by atoms with E-state index in [4.69, 9.17) is 15.5 Å². The molecule has 0 atom stereocenters. The van der Waals surface area contributed by atoms with Gasteiger partial charge in [0.1, 0.15) is 5.75 Å². The summed E-state index contributed by atoms with van der Waals surface area (Å²) in [5.41, 5.74) is 7.76. The lowest BCUT2D eigenvalue weighted by Crippen LogP contribution is -2.02.